The van der Waals surface area contributed by atoms with Crippen molar-refractivity contribution < 1.29 is 19.0 Å². The zero-order valence-corrected chi connectivity index (χ0v) is 25.4. The number of rotatable bonds is 8. The molecule has 42 heavy (non-hydrogen) atoms. The second-order valence-corrected chi connectivity index (χ2v) is 11.0. The Kier molecular flexibility index (Phi) is 8.51. The summed E-state index contributed by atoms with van der Waals surface area (Å²) in [6.07, 6.45) is 1.75. The first kappa shape index (κ1) is 29.2. The fourth-order valence-corrected chi connectivity index (χ4v) is 6.13. The highest BCUT2D eigenvalue weighted by molar-refractivity contribution is 7.07. The van der Waals surface area contributed by atoms with E-state index in [1.807, 2.05) is 44.2 Å². The van der Waals surface area contributed by atoms with Gasteiger partial charge < -0.3 is 19.5 Å². The van der Waals surface area contributed by atoms with Gasteiger partial charge in [-0.15, -0.1) is 0 Å². The molecule has 8 nitrogen and oxygen atoms in total. The van der Waals surface area contributed by atoms with Gasteiger partial charge in [0.15, 0.2) is 16.3 Å². The van der Waals surface area contributed by atoms with E-state index >= 15 is 0 Å². The highest BCUT2D eigenvalue weighted by Crippen LogP contribution is 2.36. The standard InChI is InChI=1S/C32H30ClN3O5S/c1-6-41-24-14-12-22(33)15-21(24)17-27-31(38)36-29(20-11-13-25(39-4)26(16-20)40-5)28(19(3)34-32(36)42-27)30(37)35-23-10-8-7-9-18(23)2/h7-17,29H,6H2,1-5H3,(H,35,37)/b27-17-/t29-/m0/s1. The number of thiazole rings is 1. The van der Waals surface area contributed by atoms with Gasteiger partial charge in [-0.05, 0) is 74.4 Å². The number of nitrogens with zero attached hydrogens (tertiary/aromatic N) is 2. The van der Waals surface area contributed by atoms with Crippen molar-refractivity contribution in [2.24, 2.45) is 4.99 Å². The molecule has 0 saturated heterocycles. The van der Waals surface area contributed by atoms with Gasteiger partial charge in [0.2, 0.25) is 0 Å². The smallest absolute Gasteiger partial charge is 0.271 e. The summed E-state index contributed by atoms with van der Waals surface area (Å²) in [5.41, 5.74) is 3.49. The quantitative estimate of drug-likeness (QED) is 0.297. The first-order valence-corrected chi connectivity index (χ1v) is 14.5. The van der Waals surface area contributed by atoms with Crippen LogP contribution in [0, 0.1) is 6.92 Å². The third-order valence-electron chi connectivity index (χ3n) is 6.94. The number of anilines is 1. The Balaban J connectivity index is 1.72. The summed E-state index contributed by atoms with van der Waals surface area (Å²) in [5.74, 6) is 1.27. The number of carbonyl (C=O) groups is 1. The molecule has 0 spiro atoms. The van der Waals surface area contributed by atoms with Crippen molar-refractivity contribution >= 4 is 40.6 Å². The SMILES string of the molecule is CCOc1ccc(Cl)cc1/C=c1\sc2n(c1=O)[C@@H](c1ccc(OC)c(OC)c1)C(C(=O)Nc1ccccc1C)=C(C)N=2. The van der Waals surface area contributed by atoms with Crippen molar-refractivity contribution in [2.75, 3.05) is 26.1 Å². The Morgan fingerprint density at radius 3 is 2.50 bits per heavy atom. The minimum absolute atomic E-state index is 0.297. The number of halogens is 1. The van der Waals surface area contributed by atoms with Crippen LogP contribution in [0.25, 0.3) is 6.08 Å². The number of para-hydroxylation sites is 1. The normalized spacial score (nSPS) is 14.7. The van der Waals surface area contributed by atoms with Crippen LogP contribution in [0.5, 0.6) is 17.2 Å². The van der Waals surface area contributed by atoms with Gasteiger partial charge in [0, 0.05) is 16.3 Å². The summed E-state index contributed by atoms with van der Waals surface area (Å²) in [7, 11) is 3.10. The molecule has 1 aromatic heterocycles. The van der Waals surface area contributed by atoms with Crippen LogP contribution in [0.4, 0.5) is 5.69 Å². The third-order valence-corrected chi connectivity index (χ3v) is 8.16. The molecule has 2 heterocycles. The molecule has 0 fully saturated rings. The lowest BCUT2D eigenvalue weighted by atomic mass is 9.94. The van der Waals surface area contributed by atoms with Crippen molar-refractivity contribution in [3.8, 4) is 17.2 Å². The number of hydrogen-bond donors (Lipinski definition) is 1. The van der Waals surface area contributed by atoms with Crippen LogP contribution >= 0.6 is 22.9 Å². The van der Waals surface area contributed by atoms with E-state index in [9.17, 15) is 9.59 Å². The van der Waals surface area contributed by atoms with Crippen LogP contribution in [-0.4, -0.2) is 31.3 Å². The molecule has 4 aromatic rings. The number of aromatic nitrogens is 1. The van der Waals surface area contributed by atoms with Gasteiger partial charge in [-0.2, -0.15) is 0 Å². The van der Waals surface area contributed by atoms with E-state index in [0.717, 1.165) is 5.56 Å². The summed E-state index contributed by atoms with van der Waals surface area (Å²) in [6, 6.07) is 17.4. The number of ether oxygens (including phenoxy) is 3. The first-order chi connectivity index (χ1) is 20.2. The first-order valence-electron chi connectivity index (χ1n) is 13.3. The predicted molar refractivity (Wildman–Crippen MR) is 166 cm³/mol. The minimum atomic E-state index is -0.780. The van der Waals surface area contributed by atoms with Gasteiger partial charge in [0.25, 0.3) is 11.5 Å². The lowest BCUT2D eigenvalue weighted by Crippen LogP contribution is -2.40. The van der Waals surface area contributed by atoms with Crippen LogP contribution in [0.2, 0.25) is 5.02 Å². The maximum atomic E-state index is 14.1. The second kappa shape index (κ2) is 12.3. The van der Waals surface area contributed by atoms with E-state index in [1.54, 1.807) is 62.1 Å². The van der Waals surface area contributed by atoms with E-state index in [0.29, 0.717) is 66.3 Å². The number of allylic oxidation sites excluding steroid dienone is 1. The predicted octanol–water partition coefficient (Wildman–Crippen LogP) is 5.25. The summed E-state index contributed by atoms with van der Waals surface area (Å²) in [6.45, 7) is 6.05. The van der Waals surface area contributed by atoms with Crippen LogP contribution in [0.15, 0.2) is 81.7 Å². The molecular formula is C32H30ClN3O5S. The highest BCUT2D eigenvalue weighted by Gasteiger charge is 2.33. The Labute approximate surface area is 252 Å². The van der Waals surface area contributed by atoms with Gasteiger partial charge in [-0.3, -0.25) is 14.2 Å². The molecule has 0 bridgehead atoms. The molecular weight excluding hydrogens is 574 g/mol. The molecule has 0 saturated carbocycles. The maximum Gasteiger partial charge on any atom is 0.271 e. The number of amides is 1. The van der Waals surface area contributed by atoms with Gasteiger partial charge >= 0.3 is 0 Å². The van der Waals surface area contributed by atoms with Crippen LogP contribution in [0.1, 0.15) is 36.6 Å². The Morgan fingerprint density at radius 2 is 1.79 bits per heavy atom. The second-order valence-electron chi connectivity index (χ2n) is 9.58. The summed E-state index contributed by atoms with van der Waals surface area (Å²) >= 11 is 7.52. The molecule has 1 aliphatic rings. The topological polar surface area (TPSA) is 91.1 Å². The number of nitrogens with one attached hydrogen (secondary N) is 1. The van der Waals surface area contributed by atoms with Crippen molar-refractivity contribution in [2.45, 2.75) is 26.8 Å². The average Bonchev–Trinajstić information content (AvgIpc) is 3.28. The van der Waals surface area contributed by atoms with Gasteiger partial charge in [-0.1, -0.05) is 47.2 Å². The van der Waals surface area contributed by atoms with E-state index in [2.05, 4.69) is 5.32 Å². The largest absolute Gasteiger partial charge is 0.493 e. The Hall–Kier alpha value is -4.34. The van der Waals surface area contributed by atoms with E-state index in [1.165, 1.54) is 11.3 Å². The van der Waals surface area contributed by atoms with Crippen LogP contribution < -0.4 is 34.4 Å². The van der Waals surface area contributed by atoms with Crippen molar-refractivity contribution in [1.82, 2.24) is 4.57 Å². The van der Waals surface area contributed by atoms with E-state index in [-0.39, 0.29) is 11.5 Å². The van der Waals surface area contributed by atoms with E-state index < -0.39 is 6.04 Å². The lowest BCUT2D eigenvalue weighted by molar-refractivity contribution is -0.113. The van der Waals surface area contributed by atoms with E-state index in [4.69, 9.17) is 30.8 Å². The average molecular weight is 604 g/mol. The van der Waals surface area contributed by atoms with Crippen molar-refractivity contribution in [3.05, 3.63) is 113 Å². The zero-order chi connectivity index (χ0) is 30.0. The molecule has 5 rings (SSSR count). The molecule has 1 aliphatic heterocycles. The number of benzene rings is 3. The minimum Gasteiger partial charge on any atom is -0.493 e. The van der Waals surface area contributed by atoms with Crippen molar-refractivity contribution in [1.29, 1.82) is 0 Å². The molecule has 0 aliphatic carbocycles. The van der Waals surface area contributed by atoms with Crippen LogP contribution in [-0.2, 0) is 4.79 Å². The number of fused-ring (bicyclic) bond motifs is 1. The number of methoxy groups -OCH3 is 2. The molecule has 10 heteroatoms. The fraction of sp³-hybridized carbons (Fsp3) is 0.219. The van der Waals surface area contributed by atoms with Crippen LogP contribution in [0.3, 0.4) is 0 Å². The maximum absolute atomic E-state index is 14.1. The molecule has 1 amide bonds. The third kappa shape index (κ3) is 5.57. The molecule has 1 atom stereocenters. The zero-order valence-electron chi connectivity index (χ0n) is 23.9. The highest BCUT2D eigenvalue weighted by atomic mass is 35.5. The summed E-state index contributed by atoms with van der Waals surface area (Å²) < 4.78 is 18.8. The summed E-state index contributed by atoms with van der Waals surface area (Å²) in [5, 5.41) is 3.54. The Bertz CT molecular complexity index is 1890. The summed E-state index contributed by atoms with van der Waals surface area (Å²) in [4.78, 5) is 33.2. The fourth-order valence-electron chi connectivity index (χ4n) is 4.91. The number of hydrogen-bond acceptors (Lipinski definition) is 7. The van der Waals surface area contributed by atoms with Gasteiger partial charge in [0.1, 0.15) is 5.75 Å². The number of carbonyl (C=O) groups excluding carboxylic acids is 1. The van der Waals surface area contributed by atoms with Crippen molar-refractivity contribution in [3.63, 3.8) is 0 Å². The molecule has 0 radical (unpaired) electrons. The Morgan fingerprint density at radius 1 is 1.05 bits per heavy atom. The number of aryl methyl sites for hydroxylation is 1. The molecule has 3 aromatic carbocycles. The monoisotopic (exact) mass is 603 g/mol. The molecule has 216 valence electrons. The molecule has 0 unspecified atom stereocenters. The molecule has 1 N–H and O–H groups in total. The lowest BCUT2D eigenvalue weighted by Gasteiger charge is -2.26. The van der Waals surface area contributed by atoms with Gasteiger partial charge in [-0.25, -0.2) is 4.99 Å². The van der Waals surface area contributed by atoms with Gasteiger partial charge in [0.05, 0.1) is 42.7 Å².